The van der Waals surface area contributed by atoms with Crippen molar-refractivity contribution < 1.29 is 4.79 Å². The first-order valence-corrected chi connectivity index (χ1v) is 6.85. The summed E-state index contributed by atoms with van der Waals surface area (Å²) in [4.78, 5) is 12.6. The lowest BCUT2D eigenvalue weighted by atomic mass is 10.1. The van der Waals surface area contributed by atoms with Crippen LogP contribution in [0.15, 0.2) is 29.4 Å². The van der Waals surface area contributed by atoms with Crippen LogP contribution in [0.25, 0.3) is 10.8 Å². The Kier molecular flexibility index (Phi) is 2.99. The highest BCUT2D eigenvalue weighted by molar-refractivity contribution is 7.80. The van der Waals surface area contributed by atoms with Gasteiger partial charge in [-0.15, -0.1) is 12.6 Å². The number of nitrogens with one attached hydrogen (secondary N) is 1. The number of piperidine rings is 1. The van der Waals surface area contributed by atoms with Crippen molar-refractivity contribution >= 4 is 52.2 Å². The van der Waals surface area contributed by atoms with Gasteiger partial charge in [-0.2, -0.15) is 0 Å². The zero-order chi connectivity index (χ0) is 13.6. The van der Waals surface area contributed by atoms with Gasteiger partial charge in [0.05, 0.1) is 10.0 Å². The maximum Gasteiger partial charge on any atom is 0.247 e. The molecule has 19 heavy (non-hydrogen) atoms. The van der Waals surface area contributed by atoms with Crippen molar-refractivity contribution in [1.82, 2.24) is 9.88 Å². The summed E-state index contributed by atoms with van der Waals surface area (Å²) in [5.74, 6) is -0.0783. The van der Waals surface area contributed by atoms with E-state index in [1.807, 2.05) is 29.0 Å². The van der Waals surface area contributed by atoms with Gasteiger partial charge in [-0.1, -0.05) is 24.4 Å². The zero-order valence-electron chi connectivity index (χ0n) is 10.1. The maximum absolute atomic E-state index is 12.0. The molecule has 0 aliphatic carbocycles. The average Bonchev–Trinajstić information content (AvgIpc) is 2.69. The molecule has 0 spiro atoms. The molecule has 1 aromatic heterocycles. The molecule has 1 aliphatic heterocycles. The number of anilines is 1. The molecule has 0 bridgehead atoms. The molecular formula is C13H13N3OS2. The van der Waals surface area contributed by atoms with E-state index in [2.05, 4.69) is 17.9 Å². The summed E-state index contributed by atoms with van der Waals surface area (Å²) in [7, 11) is 0. The second-order valence-corrected chi connectivity index (χ2v) is 5.55. The first-order valence-electron chi connectivity index (χ1n) is 5.99. The number of carbonyl (C=O) groups excluding carboxylic acids is 1. The molecule has 4 nitrogen and oxygen atoms in total. The Bertz CT molecular complexity index is 692. The quantitative estimate of drug-likeness (QED) is 0.429. The average molecular weight is 291 g/mol. The number of thiol groups is 1. The van der Waals surface area contributed by atoms with Crippen LogP contribution in [0, 0.1) is 0 Å². The Labute approximate surface area is 121 Å². The molecule has 6 heteroatoms. The molecule has 1 aliphatic rings. The first kappa shape index (κ1) is 12.5. The lowest BCUT2D eigenvalue weighted by Gasteiger charge is -2.24. The Morgan fingerprint density at radius 2 is 2.21 bits per heavy atom. The van der Waals surface area contributed by atoms with E-state index in [-0.39, 0.29) is 11.9 Å². The second-order valence-electron chi connectivity index (χ2n) is 4.64. The third kappa shape index (κ3) is 2.01. The normalized spacial score (nSPS) is 19.7. The summed E-state index contributed by atoms with van der Waals surface area (Å²) in [5.41, 5.74) is 6.65. The van der Waals surface area contributed by atoms with Crippen LogP contribution in [0.3, 0.4) is 0 Å². The Morgan fingerprint density at radius 1 is 1.42 bits per heavy atom. The molecule has 98 valence electrons. The molecule has 2 aromatic rings. The number of nitrogen functional groups attached to an aromatic ring is 1. The highest BCUT2D eigenvalue weighted by Crippen LogP contribution is 2.33. The van der Waals surface area contributed by atoms with Gasteiger partial charge < -0.3 is 15.6 Å². The van der Waals surface area contributed by atoms with Gasteiger partial charge in [0, 0.05) is 29.1 Å². The van der Waals surface area contributed by atoms with E-state index in [0.717, 1.165) is 15.8 Å². The van der Waals surface area contributed by atoms with Crippen LogP contribution >= 0.6 is 24.8 Å². The van der Waals surface area contributed by atoms with Crippen LogP contribution in [0.2, 0.25) is 0 Å². The fraction of sp³-hybridized carbons (Fsp3) is 0.231. The minimum atomic E-state index is -0.272. The number of nitrogens with two attached hydrogens (primary N) is 1. The fourth-order valence-electron chi connectivity index (χ4n) is 2.45. The smallest absolute Gasteiger partial charge is 0.247 e. The Balaban J connectivity index is 2.11. The topological polar surface area (TPSA) is 60.0 Å². The van der Waals surface area contributed by atoms with Crippen molar-refractivity contribution in [1.29, 1.82) is 0 Å². The van der Waals surface area contributed by atoms with E-state index in [4.69, 9.17) is 18.0 Å². The van der Waals surface area contributed by atoms with Gasteiger partial charge in [-0.3, -0.25) is 4.79 Å². The monoisotopic (exact) mass is 291 g/mol. The molecule has 0 radical (unpaired) electrons. The van der Waals surface area contributed by atoms with Crippen molar-refractivity contribution in [3.8, 4) is 0 Å². The molecule has 1 amide bonds. The molecular weight excluding hydrogens is 278 g/mol. The highest BCUT2D eigenvalue weighted by Gasteiger charge is 2.27. The zero-order valence-corrected chi connectivity index (χ0v) is 11.8. The van der Waals surface area contributed by atoms with Gasteiger partial charge in [0.2, 0.25) is 5.91 Å². The largest absolute Gasteiger partial charge is 0.398 e. The van der Waals surface area contributed by atoms with E-state index in [0.29, 0.717) is 23.5 Å². The number of rotatable bonds is 1. The third-order valence-corrected chi connectivity index (χ3v) is 4.22. The number of hydrogen-bond donors (Lipinski definition) is 3. The second kappa shape index (κ2) is 4.54. The Hall–Kier alpha value is -1.53. The van der Waals surface area contributed by atoms with Gasteiger partial charge >= 0.3 is 0 Å². The van der Waals surface area contributed by atoms with Gasteiger partial charge in [0.15, 0.2) is 0 Å². The number of hydrogen-bond acceptors (Lipinski definition) is 4. The predicted octanol–water partition coefficient (Wildman–Crippen LogP) is 2.29. The van der Waals surface area contributed by atoms with E-state index >= 15 is 0 Å². The number of amides is 1. The van der Waals surface area contributed by atoms with E-state index in [1.54, 1.807) is 0 Å². The maximum atomic E-state index is 12.0. The van der Waals surface area contributed by atoms with Crippen molar-refractivity contribution in [2.24, 2.45) is 0 Å². The van der Waals surface area contributed by atoms with Gasteiger partial charge in [0.1, 0.15) is 6.04 Å². The molecule has 1 saturated heterocycles. The summed E-state index contributed by atoms with van der Waals surface area (Å²) >= 11 is 9.55. The summed E-state index contributed by atoms with van der Waals surface area (Å²) in [6, 6.07) is 5.41. The summed E-state index contributed by atoms with van der Waals surface area (Å²) in [6.45, 7) is 0. The van der Waals surface area contributed by atoms with Gasteiger partial charge in [-0.25, -0.2) is 0 Å². The lowest BCUT2D eigenvalue weighted by molar-refractivity contribution is -0.123. The van der Waals surface area contributed by atoms with E-state index < -0.39 is 0 Å². The number of carbonyl (C=O) groups is 1. The molecule has 1 atom stereocenters. The van der Waals surface area contributed by atoms with Gasteiger partial charge in [-0.05, 0) is 12.5 Å². The van der Waals surface area contributed by atoms with Crippen molar-refractivity contribution in [3.63, 3.8) is 0 Å². The van der Waals surface area contributed by atoms with E-state index in [1.165, 1.54) is 0 Å². The number of aromatic nitrogens is 1. The fourth-order valence-corrected chi connectivity index (χ4v) is 3.06. The summed E-state index contributed by atoms with van der Waals surface area (Å²) < 4.78 is 1.88. The molecule has 1 fully saturated rings. The van der Waals surface area contributed by atoms with Crippen molar-refractivity contribution in [2.45, 2.75) is 23.9 Å². The van der Waals surface area contributed by atoms with Crippen LogP contribution in [0.5, 0.6) is 0 Å². The van der Waals surface area contributed by atoms with Crippen LogP contribution in [-0.2, 0) is 4.79 Å². The highest BCUT2D eigenvalue weighted by atomic mass is 32.1. The number of fused-ring (bicyclic) bond motifs is 1. The number of benzene rings is 1. The summed E-state index contributed by atoms with van der Waals surface area (Å²) in [6.07, 6.45) is 3.30. The molecule has 0 saturated carbocycles. The predicted molar refractivity (Wildman–Crippen MR) is 82.6 cm³/mol. The first-order chi connectivity index (χ1) is 9.08. The SMILES string of the molecule is Nc1cccc2c(S)n(C3CCC(=S)NC3=O)cc12. The molecule has 3 rings (SSSR count). The minimum Gasteiger partial charge on any atom is -0.398 e. The van der Waals surface area contributed by atoms with E-state index in [9.17, 15) is 4.79 Å². The van der Waals surface area contributed by atoms with Crippen LogP contribution < -0.4 is 11.1 Å². The van der Waals surface area contributed by atoms with Crippen LogP contribution in [-0.4, -0.2) is 15.5 Å². The van der Waals surface area contributed by atoms with Crippen LogP contribution in [0.4, 0.5) is 5.69 Å². The molecule has 2 heterocycles. The van der Waals surface area contributed by atoms with Crippen molar-refractivity contribution in [2.75, 3.05) is 5.73 Å². The van der Waals surface area contributed by atoms with Crippen LogP contribution in [0.1, 0.15) is 18.9 Å². The standard InChI is InChI=1S/C13H13N3OS2/c14-9-3-1-2-7-8(9)6-16(13(7)19)10-4-5-11(18)15-12(10)17/h1-3,6,10,19H,4-5,14H2,(H,15,17,18). The minimum absolute atomic E-state index is 0.0783. The van der Waals surface area contributed by atoms with Crippen molar-refractivity contribution in [3.05, 3.63) is 24.4 Å². The number of nitrogens with zero attached hydrogens (tertiary/aromatic N) is 1. The Morgan fingerprint density at radius 3 is 2.89 bits per heavy atom. The van der Waals surface area contributed by atoms with Gasteiger partial charge in [0.25, 0.3) is 0 Å². The summed E-state index contributed by atoms with van der Waals surface area (Å²) in [5, 5.41) is 5.37. The lowest BCUT2D eigenvalue weighted by Crippen LogP contribution is -2.40. The molecule has 1 unspecified atom stereocenters. The molecule has 3 N–H and O–H groups in total. The molecule has 1 aromatic carbocycles. The third-order valence-electron chi connectivity index (χ3n) is 3.44. The number of thiocarbonyl (C=S) groups is 1.